The van der Waals surface area contributed by atoms with Crippen LogP contribution in [0.5, 0.6) is 0 Å². The molecule has 15 heavy (non-hydrogen) atoms. The fourth-order valence-corrected chi connectivity index (χ4v) is 1.29. The van der Waals surface area contributed by atoms with Crippen LogP contribution in [0.1, 0.15) is 28.4 Å². The van der Waals surface area contributed by atoms with Gasteiger partial charge in [0.05, 0.1) is 16.6 Å². The Kier molecular flexibility index (Phi) is 2.81. The standard InChI is InChI=1S/C10H8N2O3/c1-6-8(5-11)3-9(12(14)15)4-10(6)7(2)13/h3-4H,1-2H3. The molecule has 0 fully saturated rings. The molecule has 0 saturated carbocycles. The van der Waals surface area contributed by atoms with Gasteiger partial charge in [-0.05, 0) is 19.4 Å². The molecule has 0 spiro atoms. The first-order valence-corrected chi connectivity index (χ1v) is 4.17. The van der Waals surface area contributed by atoms with Crippen molar-refractivity contribution in [1.82, 2.24) is 0 Å². The molecule has 5 heteroatoms. The number of carbonyl (C=O) groups excluding carboxylic acids is 1. The second-order valence-corrected chi connectivity index (χ2v) is 3.09. The third kappa shape index (κ3) is 1.99. The average Bonchev–Trinajstić information content (AvgIpc) is 2.17. The minimum absolute atomic E-state index is 0.161. The van der Waals surface area contributed by atoms with Crippen molar-refractivity contribution in [3.63, 3.8) is 0 Å². The average molecular weight is 204 g/mol. The van der Waals surface area contributed by atoms with Gasteiger partial charge in [-0.25, -0.2) is 0 Å². The van der Waals surface area contributed by atoms with Crippen molar-refractivity contribution in [3.05, 3.63) is 38.9 Å². The molecule has 0 amide bonds. The Morgan fingerprint density at radius 1 is 1.53 bits per heavy atom. The van der Waals surface area contributed by atoms with Gasteiger partial charge in [-0.2, -0.15) is 5.26 Å². The Labute approximate surface area is 86.1 Å². The first kappa shape index (κ1) is 10.9. The Morgan fingerprint density at radius 3 is 2.53 bits per heavy atom. The molecule has 0 heterocycles. The summed E-state index contributed by atoms with van der Waals surface area (Å²) in [6, 6.07) is 4.19. The maximum absolute atomic E-state index is 11.2. The number of carbonyl (C=O) groups is 1. The van der Waals surface area contributed by atoms with E-state index in [0.29, 0.717) is 5.56 Å². The number of benzene rings is 1. The summed E-state index contributed by atoms with van der Waals surface area (Å²) in [5.41, 5.74) is 0.633. The third-order valence-corrected chi connectivity index (χ3v) is 2.10. The van der Waals surface area contributed by atoms with Crippen LogP contribution in [0, 0.1) is 28.4 Å². The van der Waals surface area contributed by atoms with Crippen LogP contribution in [0.2, 0.25) is 0 Å². The molecule has 5 nitrogen and oxygen atoms in total. The molecule has 0 bridgehead atoms. The third-order valence-electron chi connectivity index (χ3n) is 2.10. The maximum Gasteiger partial charge on any atom is 0.271 e. The van der Waals surface area contributed by atoms with Crippen molar-refractivity contribution in [1.29, 1.82) is 5.26 Å². The largest absolute Gasteiger partial charge is 0.294 e. The summed E-state index contributed by atoms with van der Waals surface area (Å²) >= 11 is 0. The Hall–Kier alpha value is -2.22. The first-order chi connectivity index (χ1) is 6.97. The number of ketones is 1. The zero-order valence-corrected chi connectivity index (χ0v) is 8.27. The number of non-ortho nitro benzene ring substituents is 1. The molecule has 0 atom stereocenters. The molecule has 0 aliphatic carbocycles. The van der Waals surface area contributed by atoms with Crippen LogP contribution in [0.3, 0.4) is 0 Å². The van der Waals surface area contributed by atoms with Crippen LogP contribution in [-0.2, 0) is 0 Å². The number of Topliss-reactive ketones (excluding diaryl/α,β-unsaturated/α-hetero) is 1. The predicted octanol–water partition coefficient (Wildman–Crippen LogP) is 1.98. The summed E-state index contributed by atoms with van der Waals surface area (Å²) in [5, 5.41) is 19.3. The molecule has 1 aromatic rings. The number of hydrogen-bond acceptors (Lipinski definition) is 4. The van der Waals surface area contributed by atoms with Crippen molar-refractivity contribution in [2.24, 2.45) is 0 Å². The Morgan fingerprint density at radius 2 is 2.13 bits per heavy atom. The quantitative estimate of drug-likeness (QED) is 0.418. The van der Waals surface area contributed by atoms with Crippen molar-refractivity contribution in [2.45, 2.75) is 13.8 Å². The zero-order valence-electron chi connectivity index (χ0n) is 8.27. The number of nitro groups is 1. The number of nitro benzene ring substituents is 1. The zero-order chi connectivity index (χ0) is 11.6. The van der Waals surface area contributed by atoms with E-state index in [-0.39, 0.29) is 22.6 Å². The number of rotatable bonds is 2. The van der Waals surface area contributed by atoms with Gasteiger partial charge in [0.1, 0.15) is 0 Å². The smallest absolute Gasteiger partial charge is 0.271 e. The van der Waals surface area contributed by atoms with E-state index in [1.807, 2.05) is 6.07 Å². The summed E-state index contributed by atoms with van der Waals surface area (Å²) in [5.74, 6) is -0.285. The summed E-state index contributed by atoms with van der Waals surface area (Å²) in [7, 11) is 0. The van der Waals surface area contributed by atoms with Crippen LogP contribution in [0.15, 0.2) is 12.1 Å². The van der Waals surface area contributed by atoms with Crippen molar-refractivity contribution in [3.8, 4) is 6.07 Å². The van der Waals surface area contributed by atoms with E-state index in [4.69, 9.17) is 5.26 Å². The normalized spacial score (nSPS) is 9.40. The summed E-state index contributed by atoms with van der Waals surface area (Å²) < 4.78 is 0. The van der Waals surface area contributed by atoms with Gasteiger partial charge in [-0.1, -0.05) is 0 Å². The van der Waals surface area contributed by atoms with Crippen LogP contribution in [-0.4, -0.2) is 10.7 Å². The second kappa shape index (κ2) is 3.88. The fourth-order valence-electron chi connectivity index (χ4n) is 1.29. The van der Waals surface area contributed by atoms with Gasteiger partial charge >= 0.3 is 0 Å². The molecule has 0 unspecified atom stereocenters. The molecule has 0 aliphatic rings. The highest BCUT2D eigenvalue weighted by Gasteiger charge is 2.15. The van der Waals surface area contributed by atoms with Crippen LogP contribution in [0.25, 0.3) is 0 Å². The molecule has 0 aromatic heterocycles. The monoisotopic (exact) mass is 204 g/mol. The molecular weight excluding hydrogens is 196 g/mol. The van der Waals surface area contributed by atoms with E-state index in [1.54, 1.807) is 6.92 Å². The second-order valence-electron chi connectivity index (χ2n) is 3.09. The number of nitriles is 1. The fraction of sp³-hybridized carbons (Fsp3) is 0.200. The molecule has 0 aliphatic heterocycles. The lowest BCUT2D eigenvalue weighted by molar-refractivity contribution is -0.384. The van der Waals surface area contributed by atoms with Crippen LogP contribution in [0.4, 0.5) is 5.69 Å². The Balaban J connectivity index is 3.54. The van der Waals surface area contributed by atoms with Gasteiger partial charge in [0.15, 0.2) is 5.78 Å². The lowest BCUT2D eigenvalue weighted by atomic mass is 9.99. The topological polar surface area (TPSA) is 84.0 Å². The lowest BCUT2D eigenvalue weighted by Crippen LogP contribution is -2.01. The highest BCUT2D eigenvalue weighted by molar-refractivity contribution is 5.96. The van der Waals surface area contributed by atoms with Crippen LogP contribution >= 0.6 is 0 Å². The van der Waals surface area contributed by atoms with Crippen molar-refractivity contribution >= 4 is 11.5 Å². The minimum Gasteiger partial charge on any atom is -0.294 e. The molecule has 76 valence electrons. The minimum atomic E-state index is -0.618. The predicted molar refractivity (Wildman–Crippen MR) is 52.6 cm³/mol. The van der Waals surface area contributed by atoms with E-state index in [9.17, 15) is 14.9 Å². The van der Waals surface area contributed by atoms with E-state index in [2.05, 4.69) is 0 Å². The lowest BCUT2D eigenvalue weighted by Gasteiger charge is -2.03. The number of hydrogen-bond donors (Lipinski definition) is 0. The SMILES string of the molecule is CC(=O)c1cc([N+](=O)[O-])cc(C#N)c1C. The maximum atomic E-state index is 11.2. The Bertz CT molecular complexity index is 486. The summed E-state index contributed by atoms with van der Waals surface area (Å²) in [6.45, 7) is 2.91. The highest BCUT2D eigenvalue weighted by atomic mass is 16.6. The van der Waals surface area contributed by atoms with Crippen molar-refractivity contribution < 1.29 is 9.72 Å². The molecule has 0 saturated heterocycles. The van der Waals surface area contributed by atoms with Gasteiger partial charge in [0.2, 0.25) is 0 Å². The molecule has 0 N–H and O–H groups in total. The molecule has 0 radical (unpaired) electrons. The number of nitrogens with zero attached hydrogens (tertiary/aromatic N) is 2. The van der Waals surface area contributed by atoms with E-state index in [1.165, 1.54) is 19.1 Å². The summed E-state index contributed by atoms with van der Waals surface area (Å²) in [4.78, 5) is 21.1. The molecule has 1 aromatic carbocycles. The van der Waals surface area contributed by atoms with E-state index in [0.717, 1.165) is 0 Å². The highest BCUT2D eigenvalue weighted by Crippen LogP contribution is 2.21. The van der Waals surface area contributed by atoms with Gasteiger partial charge in [-0.3, -0.25) is 14.9 Å². The van der Waals surface area contributed by atoms with E-state index < -0.39 is 4.92 Å². The van der Waals surface area contributed by atoms with Gasteiger partial charge in [-0.15, -0.1) is 0 Å². The van der Waals surface area contributed by atoms with Crippen LogP contribution < -0.4 is 0 Å². The van der Waals surface area contributed by atoms with Gasteiger partial charge < -0.3 is 0 Å². The summed E-state index contributed by atoms with van der Waals surface area (Å²) in [6.07, 6.45) is 0. The van der Waals surface area contributed by atoms with Gasteiger partial charge in [0, 0.05) is 17.7 Å². The van der Waals surface area contributed by atoms with E-state index >= 15 is 0 Å². The van der Waals surface area contributed by atoms with Crippen molar-refractivity contribution in [2.75, 3.05) is 0 Å². The molecular formula is C10H8N2O3. The first-order valence-electron chi connectivity index (χ1n) is 4.17. The molecule has 1 rings (SSSR count). The van der Waals surface area contributed by atoms with Gasteiger partial charge in [0.25, 0.3) is 5.69 Å².